The van der Waals surface area contributed by atoms with Crippen molar-refractivity contribution in [3.05, 3.63) is 36.2 Å². The van der Waals surface area contributed by atoms with Crippen molar-refractivity contribution in [2.24, 2.45) is 5.73 Å². The van der Waals surface area contributed by atoms with Gasteiger partial charge in [0.15, 0.2) is 0 Å². The number of nitrogens with zero attached hydrogens (tertiary/aromatic N) is 2. The first-order chi connectivity index (χ1) is 7.24. The van der Waals surface area contributed by atoms with E-state index in [1.165, 1.54) is 23.9 Å². The Kier molecular flexibility index (Phi) is 1.68. The van der Waals surface area contributed by atoms with Gasteiger partial charge < -0.3 is 5.73 Å². The average molecular weight is 201 g/mol. The quantitative estimate of drug-likeness (QED) is 0.803. The number of aromatic nitrogens is 2. The Morgan fingerprint density at radius 2 is 2.27 bits per heavy atom. The van der Waals surface area contributed by atoms with Gasteiger partial charge in [-0.2, -0.15) is 5.10 Å². The Morgan fingerprint density at radius 1 is 1.47 bits per heavy atom. The van der Waals surface area contributed by atoms with E-state index in [4.69, 9.17) is 5.73 Å². The highest BCUT2D eigenvalue weighted by atomic mass is 15.2. The normalized spacial score (nSPS) is 20.4. The van der Waals surface area contributed by atoms with E-state index in [-0.39, 0.29) is 11.5 Å². The van der Waals surface area contributed by atoms with E-state index in [0.29, 0.717) is 0 Å². The maximum absolute atomic E-state index is 6.08. The zero-order chi connectivity index (χ0) is 10.5. The molecule has 0 radical (unpaired) electrons. The van der Waals surface area contributed by atoms with Crippen LogP contribution in [0.15, 0.2) is 30.6 Å². The van der Waals surface area contributed by atoms with Gasteiger partial charge in [-0.3, -0.25) is 0 Å². The molecule has 2 aromatic rings. The second kappa shape index (κ2) is 2.83. The van der Waals surface area contributed by atoms with E-state index < -0.39 is 0 Å². The summed E-state index contributed by atoms with van der Waals surface area (Å²) < 4.78 is 1.93. The van der Waals surface area contributed by atoms with Gasteiger partial charge in [-0.05, 0) is 31.9 Å². The third-order valence-corrected chi connectivity index (χ3v) is 3.62. The highest BCUT2D eigenvalue weighted by Crippen LogP contribution is 2.51. The minimum atomic E-state index is 0.198. The van der Waals surface area contributed by atoms with E-state index in [9.17, 15) is 0 Å². The Bertz CT molecular complexity index is 494. The van der Waals surface area contributed by atoms with Gasteiger partial charge in [0.2, 0.25) is 0 Å². The summed E-state index contributed by atoms with van der Waals surface area (Å²) in [5, 5.41) is 4.37. The van der Waals surface area contributed by atoms with Gasteiger partial charge in [-0.1, -0.05) is 6.07 Å². The standard InChI is InChI=1S/C12H15N3/c1-9(13)12(5-6-12)10-8-14-15-7-3-2-4-11(10)15/h2-4,7-9H,5-6,13H2,1H3. The molecule has 1 aliphatic rings. The third kappa shape index (κ3) is 1.13. The number of hydrogen-bond donors (Lipinski definition) is 1. The first-order valence-corrected chi connectivity index (χ1v) is 5.42. The van der Waals surface area contributed by atoms with Crippen molar-refractivity contribution in [2.75, 3.05) is 0 Å². The summed E-state index contributed by atoms with van der Waals surface area (Å²) in [5.41, 5.74) is 8.79. The number of pyridine rings is 1. The molecule has 2 heterocycles. The maximum Gasteiger partial charge on any atom is 0.0699 e. The number of rotatable bonds is 2. The molecule has 1 fully saturated rings. The molecule has 2 aromatic heterocycles. The Labute approximate surface area is 88.9 Å². The first kappa shape index (κ1) is 8.92. The summed E-state index contributed by atoms with van der Waals surface area (Å²) in [4.78, 5) is 0. The zero-order valence-corrected chi connectivity index (χ0v) is 8.85. The summed E-state index contributed by atoms with van der Waals surface area (Å²) >= 11 is 0. The molecule has 2 N–H and O–H groups in total. The van der Waals surface area contributed by atoms with Crippen molar-refractivity contribution in [3.8, 4) is 0 Å². The van der Waals surface area contributed by atoms with Crippen LogP contribution < -0.4 is 5.73 Å². The van der Waals surface area contributed by atoms with Gasteiger partial charge in [0.25, 0.3) is 0 Å². The van der Waals surface area contributed by atoms with Crippen LogP contribution >= 0.6 is 0 Å². The molecule has 1 saturated carbocycles. The lowest BCUT2D eigenvalue weighted by Gasteiger charge is -2.18. The predicted molar refractivity (Wildman–Crippen MR) is 59.8 cm³/mol. The molecule has 15 heavy (non-hydrogen) atoms. The fourth-order valence-electron chi connectivity index (χ4n) is 2.42. The monoisotopic (exact) mass is 201 g/mol. The molecule has 0 bridgehead atoms. The van der Waals surface area contributed by atoms with Crippen LogP contribution in [0.2, 0.25) is 0 Å². The second-order valence-electron chi connectivity index (χ2n) is 4.53. The highest BCUT2D eigenvalue weighted by Gasteiger charge is 2.49. The molecular formula is C12H15N3. The highest BCUT2D eigenvalue weighted by molar-refractivity contribution is 5.59. The Hall–Kier alpha value is -1.35. The lowest BCUT2D eigenvalue weighted by atomic mass is 9.90. The molecule has 0 amide bonds. The maximum atomic E-state index is 6.08. The molecule has 0 aliphatic heterocycles. The largest absolute Gasteiger partial charge is 0.327 e. The van der Waals surface area contributed by atoms with Crippen molar-refractivity contribution in [1.82, 2.24) is 9.61 Å². The van der Waals surface area contributed by atoms with E-state index in [1.54, 1.807) is 0 Å². The Balaban J connectivity index is 2.20. The molecule has 0 aromatic carbocycles. The second-order valence-corrected chi connectivity index (χ2v) is 4.53. The number of fused-ring (bicyclic) bond motifs is 1. The molecule has 3 nitrogen and oxygen atoms in total. The number of nitrogens with two attached hydrogens (primary N) is 1. The third-order valence-electron chi connectivity index (χ3n) is 3.62. The smallest absolute Gasteiger partial charge is 0.0699 e. The van der Waals surface area contributed by atoms with Gasteiger partial charge in [-0.15, -0.1) is 0 Å². The van der Waals surface area contributed by atoms with Gasteiger partial charge in [0.05, 0.1) is 11.7 Å². The number of hydrogen-bond acceptors (Lipinski definition) is 2. The summed E-state index contributed by atoms with van der Waals surface area (Å²) in [6.07, 6.45) is 6.35. The summed E-state index contributed by atoms with van der Waals surface area (Å²) in [6, 6.07) is 6.38. The van der Waals surface area contributed by atoms with E-state index in [1.807, 2.05) is 23.0 Å². The molecular weight excluding hydrogens is 186 g/mol. The summed E-state index contributed by atoms with van der Waals surface area (Å²) in [7, 11) is 0. The van der Waals surface area contributed by atoms with E-state index in [2.05, 4.69) is 24.2 Å². The Morgan fingerprint density at radius 3 is 2.93 bits per heavy atom. The van der Waals surface area contributed by atoms with Crippen LogP contribution in [0.25, 0.3) is 5.52 Å². The van der Waals surface area contributed by atoms with Crippen LogP contribution in [0.4, 0.5) is 0 Å². The average Bonchev–Trinajstić information content (AvgIpc) is 2.93. The van der Waals surface area contributed by atoms with Crippen LogP contribution in [-0.4, -0.2) is 15.7 Å². The van der Waals surface area contributed by atoms with Crippen LogP contribution in [-0.2, 0) is 5.41 Å². The van der Waals surface area contributed by atoms with Crippen LogP contribution in [0, 0.1) is 0 Å². The molecule has 78 valence electrons. The van der Waals surface area contributed by atoms with Gasteiger partial charge in [0.1, 0.15) is 0 Å². The van der Waals surface area contributed by atoms with Crippen LogP contribution in [0.1, 0.15) is 25.3 Å². The zero-order valence-electron chi connectivity index (χ0n) is 8.85. The van der Waals surface area contributed by atoms with Gasteiger partial charge >= 0.3 is 0 Å². The summed E-state index contributed by atoms with van der Waals surface area (Å²) in [5.74, 6) is 0. The van der Waals surface area contributed by atoms with Crippen molar-refractivity contribution in [3.63, 3.8) is 0 Å². The van der Waals surface area contributed by atoms with Crippen LogP contribution in [0.5, 0.6) is 0 Å². The topological polar surface area (TPSA) is 43.3 Å². The van der Waals surface area contributed by atoms with Crippen LogP contribution in [0.3, 0.4) is 0 Å². The van der Waals surface area contributed by atoms with E-state index in [0.717, 1.165) is 0 Å². The van der Waals surface area contributed by atoms with Crippen molar-refractivity contribution >= 4 is 5.52 Å². The first-order valence-electron chi connectivity index (χ1n) is 5.42. The SMILES string of the molecule is CC(N)C1(c2cnn3ccccc23)CC1. The lowest BCUT2D eigenvalue weighted by Crippen LogP contribution is -2.31. The van der Waals surface area contributed by atoms with Crippen molar-refractivity contribution in [2.45, 2.75) is 31.2 Å². The molecule has 1 atom stereocenters. The molecule has 1 unspecified atom stereocenters. The fraction of sp³-hybridized carbons (Fsp3) is 0.417. The van der Waals surface area contributed by atoms with Crippen molar-refractivity contribution in [1.29, 1.82) is 0 Å². The van der Waals surface area contributed by atoms with Gasteiger partial charge in [-0.25, -0.2) is 4.52 Å². The summed E-state index contributed by atoms with van der Waals surface area (Å²) in [6.45, 7) is 2.10. The minimum Gasteiger partial charge on any atom is -0.327 e. The fourth-order valence-corrected chi connectivity index (χ4v) is 2.42. The molecule has 3 heteroatoms. The molecule has 0 saturated heterocycles. The molecule has 0 spiro atoms. The molecule has 3 rings (SSSR count). The van der Waals surface area contributed by atoms with E-state index >= 15 is 0 Å². The van der Waals surface area contributed by atoms with Gasteiger partial charge in [0, 0.05) is 23.2 Å². The predicted octanol–water partition coefficient (Wildman–Crippen LogP) is 1.71. The lowest BCUT2D eigenvalue weighted by molar-refractivity contribution is 0.560. The molecule has 1 aliphatic carbocycles. The van der Waals surface area contributed by atoms with Crippen molar-refractivity contribution < 1.29 is 0 Å². The minimum absolute atomic E-state index is 0.198.